The maximum absolute atomic E-state index is 12.5. The van der Waals surface area contributed by atoms with Gasteiger partial charge in [-0.3, -0.25) is 18.2 Å². The Bertz CT molecular complexity index is 2630. The van der Waals surface area contributed by atoms with Gasteiger partial charge in [-0.15, -0.1) is 0 Å². The van der Waals surface area contributed by atoms with Crippen molar-refractivity contribution in [2.45, 2.75) is 42.3 Å². The number of hydrogen-bond donors (Lipinski definition) is 11. The highest BCUT2D eigenvalue weighted by Gasteiger charge is 2.19. The van der Waals surface area contributed by atoms with E-state index in [0.29, 0.717) is 0 Å². The molecule has 0 spiro atoms. The molecule has 0 saturated carbocycles. The third kappa shape index (κ3) is 15.8. The Morgan fingerprint density at radius 2 is 0.949 bits per heavy atom. The van der Waals surface area contributed by atoms with Crippen molar-refractivity contribution in [2.75, 3.05) is 57.7 Å². The number of aliphatic hydroxyl groups is 2. The van der Waals surface area contributed by atoms with Crippen LogP contribution in [0.2, 0.25) is 0 Å². The van der Waals surface area contributed by atoms with Crippen LogP contribution in [-0.4, -0.2) is 135 Å². The minimum Gasteiger partial charge on any atom is -0.393 e. The molecule has 0 saturated heterocycles. The van der Waals surface area contributed by atoms with Crippen LogP contribution < -0.4 is 26.6 Å². The summed E-state index contributed by atoms with van der Waals surface area (Å²) in [5.74, 6) is -2.12. The summed E-state index contributed by atoms with van der Waals surface area (Å²) in [5, 5.41) is 32.8. The lowest BCUT2D eigenvalue weighted by Gasteiger charge is -2.13. The zero-order chi connectivity index (χ0) is 43.8. The zero-order valence-corrected chi connectivity index (χ0v) is 34.0. The molecule has 2 heterocycles. The second-order valence-corrected chi connectivity index (χ2v) is 18.4. The number of aromatic nitrogens is 6. The Kier molecular flexibility index (Phi) is 15.1. The van der Waals surface area contributed by atoms with Gasteiger partial charge in [0.05, 0.1) is 23.7 Å². The fourth-order valence-electron chi connectivity index (χ4n) is 4.71. The number of benzene rings is 2. The normalized spacial score (nSPS) is 13.5. The van der Waals surface area contributed by atoms with Crippen LogP contribution in [0.1, 0.15) is 30.8 Å². The fourth-order valence-corrected chi connectivity index (χ4v) is 6.85. The minimum absolute atomic E-state index is 0.00617. The summed E-state index contributed by atoms with van der Waals surface area (Å²) < 4.78 is 133. The Morgan fingerprint density at radius 3 is 1.36 bits per heavy atom. The second-order valence-electron chi connectivity index (χ2n) is 12.5. The Balaban J connectivity index is 1.64. The molecular weight excluding hydrogens is 867 g/mol. The van der Waals surface area contributed by atoms with Gasteiger partial charge in [0.1, 0.15) is 15.6 Å². The smallest absolute Gasteiger partial charge is 0.295 e. The van der Waals surface area contributed by atoms with Crippen LogP contribution in [0.15, 0.2) is 46.2 Å². The Morgan fingerprint density at radius 1 is 0.559 bits per heavy atom. The zero-order valence-electron chi connectivity index (χ0n) is 30.8. The highest BCUT2D eigenvalue weighted by Crippen LogP contribution is 2.28. The van der Waals surface area contributed by atoms with Crippen LogP contribution in [0.3, 0.4) is 0 Å². The third-order valence-electron chi connectivity index (χ3n) is 7.17. The molecule has 11 N–H and O–H groups in total. The Hall–Kier alpha value is -5.24. The predicted molar refractivity (Wildman–Crippen MR) is 213 cm³/mol. The summed E-state index contributed by atoms with van der Waals surface area (Å²) in [7, 11) is -18.6. The van der Waals surface area contributed by atoms with Gasteiger partial charge < -0.3 is 36.8 Å². The van der Waals surface area contributed by atoms with E-state index in [9.17, 15) is 53.0 Å². The van der Waals surface area contributed by atoms with Gasteiger partial charge in [0, 0.05) is 37.4 Å². The molecule has 29 heteroatoms. The van der Waals surface area contributed by atoms with E-state index in [1.54, 1.807) is 0 Å². The molecule has 59 heavy (non-hydrogen) atoms. The molecule has 2 atom stereocenters. The quantitative estimate of drug-likeness (QED) is 0.0401. The first-order valence-corrected chi connectivity index (χ1v) is 22.9. The first kappa shape index (κ1) is 46.4. The largest absolute Gasteiger partial charge is 0.393 e. The maximum atomic E-state index is 12.5. The van der Waals surface area contributed by atoms with Gasteiger partial charge in [-0.25, -0.2) is 0 Å². The van der Waals surface area contributed by atoms with Gasteiger partial charge in [0.25, 0.3) is 40.5 Å². The molecule has 0 aliphatic rings. The lowest BCUT2D eigenvalue weighted by atomic mass is 10.1. The van der Waals surface area contributed by atoms with Crippen LogP contribution in [0.25, 0.3) is 12.2 Å². The van der Waals surface area contributed by atoms with Crippen molar-refractivity contribution in [1.29, 1.82) is 0 Å². The van der Waals surface area contributed by atoms with E-state index in [1.165, 1.54) is 38.1 Å². The topological polar surface area (TPSA) is 395 Å². The second kappa shape index (κ2) is 19.2. The average Bonchev–Trinajstić information content (AvgIpc) is 3.08. The van der Waals surface area contributed by atoms with Gasteiger partial charge in [-0.05, 0) is 49.2 Å². The molecule has 2 aromatic carbocycles. The number of nitrogens with zero attached hydrogens (tertiary/aromatic N) is 6. The number of rotatable bonds is 21. The van der Waals surface area contributed by atoms with Crippen LogP contribution >= 0.6 is 0 Å². The fraction of sp³-hybridized carbons (Fsp3) is 0.333. The van der Waals surface area contributed by atoms with Crippen molar-refractivity contribution in [2.24, 2.45) is 0 Å². The van der Waals surface area contributed by atoms with Gasteiger partial charge in [0.2, 0.25) is 29.7 Å². The van der Waals surface area contributed by atoms with E-state index in [2.05, 4.69) is 56.5 Å². The summed E-state index contributed by atoms with van der Waals surface area (Å²) >= 11 is 0. The highest BCUT2D eigenvalue weighted by atomic mass is 32.2. The van der Waals surface area contributed by atoms with Crippen molar-refractivity contribution in [1.82, 2.24) is 29.9 Å². The molecular formula is C30H39N11O14S4. The highest BCUT2D eigenvalue weighted by molar-refractivity contribution is 7.86. The van der Waals surface area contributed by atoms with E-state index in [4.69, 9.17) is 9.11 Å². The summed E-state index contributed by atoms with van der Waals surface area (Å²) in [6, 6.07) is 7.16. The summed E-state index contributed by atoms with van der Waals surface area (Å²) in [6.07, 6.45) is 0.488. The molecule has 0 aliphatic carbocycles. The van der Waals surface area contributed by atoms with E-state index in [1.807, 2.05) is 0 Å². The molecule has 2 unspecified atom stereocenters. The van der Waals surface area contributed by atoms with Gasteiger partial charge >= 0.3 is 0 Å². The monoisotopic (exact) mass is 905 g/mol. The van der Waals surface area contributed by atoms with E-state index in [-0.39, 0.29) is 84.1 Å². The SMILES string of the molecule is CC(O)CNc1nc(NCCS(=O)(=O)O)nc(Nc2ccc(C=Cc3ccc(Nc4nc(CC(C)O)nc(NCCS(=O)(=O)O)n4)cc3S(=O)(=O)O)c(S(=O)(=O)O)c2)n1. The lowest BCUT2D eigenvalue weighted by Crippen LogP contribution is -2.20. The van der Waals surface area contributed by atoms with Gasteiger partial charge in [-0.2, -0.15) is 63.6 Å². The molecule has 4 rings (SSSR count). The van der Waals surface area contributed by atoms with E-state index in [0.717, 1.165) is 24.3 Å². The third-order valence-corrected chi connectivity index (χ3v) is 10.4. The van der Waals surface area contributed by atoms with E-state index >= 15 is 0 Å². The molecule has 4 aromatic rings. The standard InChI is InChI=1S/C30H39N11O14S4/c1-17(42)13-25-36-26(31-9-11-56(44,45)46)39-29(37-25)34-21-7-5-19(23(14-21)58(50,51)52)3-4-20-6-8-22(15-24(20)59(53,54)55)35-30-40-27(32-10-12-57(47,48)49)38-28(41-30)33-16-18(2)43/h3-8,14-15,17-18,42-43H,9-13,16H2,1-2H3,(H,44,45,46)(H,47,48,49)(H,50,51,52)(H,53,54,55)(H2,31,34,36,37,39)(H3,32,33,35,38,40,41). The van der Waals surface area contributed by atoms with Crippen LogP contribution in [0.5, 0.6) is 0 Å². The van der Waals surface area contributed by atoms with Crippen molar-refractivity contribution in [3.63, 3.8) is 0 Å². The van der Waals surface area contributed by atoms with Crippen LogP contribution in [-0.2, 0) is 46.9 Å². The first-order valence-electron chi connectivity index (χ1n) is 16.8. The number of anilines is 7. The van der Waals surface area contributed by atoms with Crippen molar-refractivity contribution >= 4 is 93.7 Å². The lowest BCUT2D eigenvalue weighted by molar-refractivity contribution is 0.193. The maximum Gasteiger partial charge on any atom is 0.295 e. The molecule has 0 amide bonds. The average molecular weight is 906 g/mol. The summed E-state index contributed by atoms with van der Waals surface area (Å²) in [5.41, 5.74) is -0.266. The number of aliphatic hydroxyl groups excluding tert-OH is 2. The molecule has 0 bridgehead atoms. The molecule has 0 fully saturated rings. The molecule has 25 nitrogen and oxygen atoms in total. The van der Waals surface area contributed by atoms with Gasteiger partial charge in [-0.1, -0.05) is 24.3 Å². The van der Waals surface area contributed by atoms with E-state index < -0.39 is 74.0 Å². The van der Waals surface area contributed by atoms with Crippen molar-refractivity contribution < 1.29 is 62.1 Å². The van der Waals surface area contributed by atoms with Crippen molar-refractivity contribution in [3.8, 4) is 0 Å². The predicted octanol–water partition coefficient (Wildman–Crippen LogP) is 0.523. The van der Waals surface area contributed by atoms with Gasteiger partial charge in [0.15, 0.2) is 0 Å². The van der Waals surface area contributed by atoms with Crippen LogP contribution in [0, 0.1) is 0 Å². The Labute approximate surface area is 337 Å². The minimum atomic E-state index is -4.96. The summed E-state index contributed by atoms with van der Waals surface area (Å²) in [4.78, 5) is 23.3. The molecule has 322 valence electrons. The van der Waals surface area contributed by atoms with Crippen molar-refractivity contribution in [3.05, 3.63) is 53.3 Å². The molecule has 0 radical (unpaired) electrons. The first-order chi connectivity index (χ1) is 27.3. The number of hydrogen-bond acceptors (Lipinski definition) is 21. The molecule has 0 aliphatic heterocycles. The molecule has 2 aromatic heterocycles. The summed E-state index contributed by atoms with van der Waals surface area (Å²) in [6.45, 7) is 2.33. The number of nitrogens with one attached hydrogen (secondary N) is 5. The van der Waals surface area contributed by atoms with Crippen LogP contribution in [0.4, 0.5) is 41.1 Å².